The van der Waals surface area contributed by atoms with Crippen LogP contribution in [0.4, 0.5) is 5.69 Å². The molecular formula is C12H11BrClN3O2. The third kappa shape index (κ3) is 3.27. The summed E-state index contributed by atoms with van der Waals surface area (Å²) in [7, 11) is 0. The van der Waals surface area contributed by atoms with Crippen LogP contribution in [-0.4, -0.2) is 16.6 Å². The molecule has 1 heterocycles. The molecule has 0 amide bonds. The molecule has 0 unspecified atom stereocenters. The minimum Gasteiger partial charge on any atom is -0.476 e. The van der Waals surface area contributed by atoms with Gasteiger partial charge in [-0.05, 0) is 25.1 Å². The number of anilines is 1. The molecule has 1 aromatic heterocycles. The van der Waals surface area contributed by atoms with Gasteiger partial charge in [0.05, 0.1) is 11.6 Å². The highest BCUT2D eigenvalue weighted by Gasteiger charge is 2.13. The van der Waals surface area contributed by atoms with Gasteiger partial charge in [-0.2, -0.15) is 9.97 Å². The van der Waals surface area contributed by atoms with Gasteiger partial charge in [-0.1, -0.05) is 27.5 Å². The van der Waals surface area contributed by atoms with Gasteiger partial charge in [-0.3, -0.25) is 0 Å². The van der Waals surface area contributed by atoms with E-state index in [2.05, 4.69) is 25.9 Å². The molecule has 0 aliphatic heterocycles. The first kappa shape index (κ1) is 13.9. The van der Waals surface area contributed by atoms with Crippen molar-refractivity contribution in [2.45, 2.75) is 6.92 Å². The second-order valence-corrected chi connectivity index (χ2v) is 4.83. The van der Waals surface area contributed by atoms with E-state index in [4.69, 9.17) is 26.8 Å². The largest absolute Gasteiger partial charge is 0.476 e. The van der Waals surface area contributed by atoms with Crippen molar-refractivity contribution in [3.63, 3.8) is 0 Å². The smallest absolute Gasteiger partial charge is 0.249 e. The summed E-state index contributed by atoms with van der Waals surface area (Å²) in [4.78, 5) is 7.90. The Morgan fingerprint density at radius 3 is 2.79 bits per heavy atom. The van der Waals surface area contributed by atoms with Crippen LogP contribution in [0.5, 0.6) is 17.5 Å². The first-order valence-corrected chi connectivity index (χ1v) is 6.65. The Hall–Kier alpha value is -1.53. The molecule has 0 aliphatic rings. The predicted octanol–water partition coefficient (Wildman–Crippen LogP) is 3.67. The third-order valence-corrected chi connectivity index (χ3v) is 3.00. The molecule has 0 aliphatic carbocycles. The van der Waals surface area contributed by atoms with E-state index in [1.807, 2.05) is 13.0 Å². The molecule has 19 heavy (non-hydrogen) atoms. The molecule has 2 rings (SSSR count). The second-order valence-electron chi connectivity index (χ2n) is 3.51. The fourth-order valence-corrected chi connectivity index (χ4v) is 1.85. The van der Waals surface area contributed by atoms with Crippen molar-refractivity contribution in [3.05, 3.63) is 34.0 Å². The van der Waals surface area contributed by atoms with Crippen molar-refractivity contribution in [1.29, 1.82) is 0 Å². The number of ether oxygens (including phenoxy) is 2. The van der Waals surface area contributed by atoms with Gasteiger partial charge >= 0.3 is 0 Å². The van der Waals surface area contributed by atoms with Crippen molar-refractivity contribution in [1.82, 2.24) is 9.97 Å². The van der Waals surface area contributed by atoms with Crippen molar-refractivity contribution in [2.75, 3.05) is 12.3 Å². The van der Waals surface area contributed by atoms with Crippen molar-refractivity contribution in [3.8, 4) is 17.5 Å². The molecule has 0 saturated carbocycles. The van der Waals surface area contributed by atoms with E-state index in [0.29, 0.717) is 23.3 Å². The number of rotatable bonds is 4. The van der Waals surface area contributed by atoms with Gasteiger partial charge in [0.25, 0.3) is 0 Å². The van der Waals surface area contributed by atoms with Crippen molar-refractivity contribution in [2.24, 2.45) is 0 Å². The molecule has 2 aromatic rings. The van der Waals surface area contributed by atoms with Crippen LogP contribution >= 0.6 is 27.5 Å². The lowest BCUT2D eigenvalue weighted by atomic mass is 10.3. The standard InChI is InChI=1S/C12H11BrClN3O2/c1-2-18-11-10(15)12(17-6-16-11)19-9-5-7(13)3-4-8(9)14/h3-6H,2,15H2,1H3. The van der Waals surface area contributed by atoms with E-state index in [1.54, 1.807) is 12.1 Å². The molecule has 2 N–H and O–H groups in total. The molecular weight excluding hydrogens is 334 g/mol. The normalized spacial score (nSPS) is 10.3. The van der Waals surface area contributed by atoms with E-state index in [9.17, 15) is 0 Å². The Labute approximate surface area is 123 Å². The maximum absolute atomic E-state index is 6.04. The van der Waals surface area contributed by atoms with Gasteiger partial charge in [-0.15, -0.1) is 0 Å². The van der Waals surface area contributed by atoms with Crippen LogP contribution in [0.15, 0.2) is 29.0 Å². The van der Waals surface area contributed by atoms with E-state index in [0.717, 1.165) is 4.47 Å². The summed E-state index contributed by atoms with van der Waals surface area (Å²) in [5.74, 6) is 0.945. The van der Waals surface area contributed by atoms with Crippen LogP contribution in [0, 0.1) is 0 Å². The van der Waals surface area contributed by atoms with Crippen LogP contribution in [0.3, 0.4) is 0 Å². The number of hydrogen-bond acceptors (Lipinski definition) is 5. The first-order chi connectivity index (χ1) is 9.11. The summed E-state index contributed by atoms with van der Waals surface area (Å²) in [6.45, 7) is 2.30. The fourth-order valence-electron chi connectivity index (χ4n) is 1.36. The van der Waals surface area contributed by atoms with Crippen LogP contribution in [0.1, 0.15) is 6.92 Å². The minimum absolute atomic E-state index is 0.207. The van der Waals surface area contributed by atoms with Crippen molar-refractivity contribution < 1.29 is 9.47 Å². The number of nitrogens with two attached hydrogens (primary N) is 1. The lowest BCUT2D eigenvalue weighted by Crippen LogP contribution is -2.03. The fraction of sp³-hybridized carbons (Fsp3) is 0.167. The summed E-state index contributed by atoms with van der Waals surface area (Å²) in [6, 6.07) is 5.25. The number of aromatic nitrogens is 2. The average molecular weight is 345 g/mol. The Balaban J connectivity index is 2.33. The average Bonchev–Trinajstić information content (AvgIpc) is 2.39. The molecule has 0 saturated heterocycles. The highest BCUT2D eigenvalue weighted by Crippen LogP contribution is 2.35. The number of hydrogen-bond donors (Lipinski definition) is 1. The Morgan fingerprint density at radius 2 is 2.05 bits per heavy atom. The van der Waals surface area contributed by atoms with Gasteiger partial charge in [0, 0.05) is 4.47 Å². The predicted molar refractivity (Wildman–Crippen MR) is 76.8 cm³/mol. The highest BCUT2D eigenvalue weighted by molar-refractivity contribution is 9.10. The summed E-state index contributed by atoms with van der Waals surface area (Å²) in [6.07, 6.45) is 1.32. The Bertz CT molecular complexity index is 595. The topological polar surface area (TPSA) is 70.3 Å². The molecule has 0 spiro atoms. The summed E-state index contributed by atoms with van der Waals surface area (Å²) >= 11 is 9.38. The van der Waals surface area contributed by atoms with Gasteiger partial charge < -0.3 is 15.2 Å². The quantitative estimate of drug-likeness (QED) is 0.916. The monoisotopic (exact) mass is 343 g/mol. The van der Waals surface area contributed by atoms with Gasteiger partial charge in [0.15, 0.2) is 5.69 Å². The Morgan fingerprint density at radius 1 is 1.32 bits per heavy atom. The third-order valence-electron chi connectivity index (χ3n) is 2.19. The van der Waals surface area contributed by atoms with E-state index >= 15 is 0 Å². The number of halogens is 2. The molecule has 1 aromatic carbocycles. The van der Waals surface area contributed by atoms with Crippen LogP contribution in [-0.2, 0) is 0 Å². The first-order valence-electron chi connectivity index (χ1n) is 5.48. The molecule has 0 bridgehead atoms. The summed E-state index contributed by atoms with van der Waals surface area (Å²) < 4.78 is 11.7. The van der Waals surface area contributed by atoms with E-state index in [1.165, 1.54) is 6.33 Å². The zero-order valence-corrected chi connectivity index (χ0v) is 12.4. The van der Waals surface area contributed by atoms with Crippen LogP contribution in [0.2, 0.25) is 5.02 Å². The zero-order valence-electron chi connectivity index (χ0n) is 10.1. The summed E-state index contributed by atoms with van der Waals surface area (Å²) in [5.41, 5.74) is 6.11. The molecule has 0 radical (unpaired) electrons. The van der Waals surface area contributed by atoms with Crippen molar-refractivity contribution >= 4 is 33.2 Å². The minimum atomic E-state index is 0.207. The number of benzene rings is 1. The SMILES string of the molecule is CCOc1ncnc(Oc2cc(Br)ccc2Cl)c1N. The molecule has 7 heteroatoms. The molecule has 0 fully saturated rings. The van der Waals surface area contributed by atoms with Gasteiger partial charge in [0.1, 0.15) is 12.1 Å². The lowest BCUT2D eigenvalue weighted by molar-refractivity contribution is 0.325. The second kappa shape index (κ2) is 6.08. The maximum atomic E-state index is 6.04. The molecule has 100 valence electrons. The maximum Gasteiger partial charge on any atom is 0.249 e. The van der Waals surface area contributed by atoms with E-state index < -0.39 is 0 Å². The van der Waals surface area contributed by atoms with Gasteiger partial charge in [0.2, 0.25) is 11.8 Å². The molecule has 0 atom stereocenters. The van der Waals surface area contributed by atoms with Crippen LogP contribution < -0.4 is 15.2 Å². The number of nitrogens with zero attached hydrogens (tertiary/aromatic N) is 2. The van der Waals surface area contributed by atoms with Crippen LogP contribution in [0.25, 0.3) is 0 Å². The Kier molecular flexibility index (Phi) is 4.44. The van der Waals surface area contributed by atoms with Gasteiger partial charge in [-0.25, -0.2) is 0 Å². The molecule has 5 nitrogen and oxygen atoms in total. The zero-order chi connectivity index (χ0) is 13.8. The summed E-state index contributed by atoms with van der Waals surface area (Å²) in [5, 5.41) is 0.458. The lowest BCUT2D eigenvalue weighted by Gasteiger charge is -2.11. The van der Waals surface area contributed by atoms with E-state index in [-0.39, 0.29) is 11.6 Å². The highest BCUT2D eigenvalue weighted by atomic mass is 79.9. The number of nitrogen functional groups attached to an aromatic ring is 1.